The lowest BCUT2D eigenvalue weighted by atomic mass is 10.3. The van der Waals surface area contributed by atoms with E-state index in [2.05, 4.69) is 9.72 Å². The Morgan fingerprint density at radius 1 is 1.10 bits per heavy atom. The molecule has 1 aromatic heterocycles. The van der Waals surface area contributed by atoms with Gasteiger partial charge < -0.3 is 14.6 Å². The number of ether oxygens (including phenoxy) is 2. The molecule has 0 unspecified atom stereocenters. The van der Waals surface area contributed by atoms with E-state index in [1.54, 1.807) is 0 Å². The minimum atomic E-state index is -4.78. The lowest BCUT2D eigenvalue weighted by molar-refractivity contribution is -0.274. The predicted octanol–water partition coefficient (Wildman–Crippen LogP) is 3.47. The van der Waals surface area contributed by atoms with Crippen LogP contribution >= 0.6 is 0 Å². The standard InChI is InChI=1S/C13H8F3NO4/c14-13(15,16)21-9-5-3-8(4-6-9)20-11-10(12(18)19)2-1-7-17-11/h1-7H,(H,18,19). The number of benzene rings is 1. The first kappa shape index (κ1) is 14.6. The van der Waals surface area contributed by atoms with Gasteiger partial charge in [-0.25, -0.2) is 9.78 Å². The fourth-order valence-corrected chi connectivity index (χ4v) is 1.46. The molecule has 1 heterocycles. The highest BCUT2D eigenvalue weighted by atomic mass is 19.4. The molecule has 0 bridgehead atoms. The van der Waals surface area contributed by atoms with Crippen LogP contribution in [0.2, 0.25) is 0 Å². The van der Waals surface area contributed by atoms with Gasteiger partial charge in [0.25, 0.3) is 0 Å². The van der Waals surface area contributed by atoms with Crippen molar-refractivity contribution in [3.8, 4) is 17.4 Å². The van der Waals surface area contributed by atoms with Gasteiger partial charge in [0.05, 0.1) is 0 Å². The summed E-state index contributed by atoms with van der Waals surface area (Å²) < 4.78 is 44.9. The van der Waals surface area contributed by atoms with Crippen LogP contribution in [0.25, 0.3) is 0 Å². The Balaban J connectivity index is 2.16. The Hall–Kier alpha value is -2.77. The fraction of sp³-hybridized carbons (Fsp3) is 0.0769. The fourth-order valence-electron chi connectivity index (χ4n) is 1.46. The number of alkyl halides is 3. The number of aromatic nitrogens is 1. The highest BCUT2D eigenvalue weighted by Gasteiger charge is 2.31. The van der Waals surface area contributed by atoms with E-state index in [0.29, 0.717) is 0 Å². The van der Waals surface area contributed by atoms with E-state index in [1.165, 1.54) is 30.5 Å². The van der Waals surface area contributed by atoms with Gasteiger partial charge in [-0.3, -0.25) is 0 Å². The molecule has 2 rings (SSSR count). The molecule has 0 saturated heterocycles. The molecular formula is C13H8F3NO4. The van der Waals surface area contributed by atoms with Crippen LogP contribution in [-0.4, -0.2) is 22.4 Å². The van der Waals surface area contributed by atoms with E-state index in [1.807, 2.05) is 0 Å². The third kappa shape index (κ3) is 4.10. The number of carboxylic acid groups (broad SMARTS) is 1. The summed E-state index contributed by atoms with van der Waals surface area (Å²) in [6, 6.07) is 7.24. The summed E-state index contributed by atoms with van der Waals surface area (Å²) in [6.07, 6.45) is -3.44. The Kier molecular flexibility index (Phi) is 3.97. The van der Waals surface area contributed by atoms with Gasteiger partial charge in [0.15, 0.2) is 0 Å². The molecule has 1 aromatic carbocycles. The van der Waals surface area contributed by atoms with E-state index in [-0.39, 0.29) is 17.2 Å². The summed E-state index contributed by atoms with van der Waals surface area (Å²) >= 11 is 0. The van der Waals surface area contributed by atoms with Gasteiger partial charge in [-0.1, -0.05) is 0 Å². The molecule has 8 heteroatoms. The van der Waals surface area contributed by atoms with Crippen molar-refractivity contribution < 1.29 is 32.5 Å². The second-order valence-corrected chi connectivity index (χ2v) is 3.78. The second-order valence-electron chi connectivity index (χ2n) is 3.78. The van der Waals surface area contributed by atoms with Gasteiger partial charge in [0, 0.05) is 6.20 Å². The lowest BCUT2D eigenvalue weighted by Gasteiger charge is -2.10. The van der Waals surface area contributed by atoms with Gasteiger partial charge in [-0.05, 0) is 36.4 Å². The van der Waals surface area contributed by atoms with Crippen molar-refractivity contribution in [2.24, 2.45) is 0 Å². The molecule has 0 aliphatic heterocycles. The molecule has 0 aliphatic carbocycles. The number of hydrogen-bond donors (Lipinski definition) is 1. The van der Waals surface area contributed by atoms with Gasteiger partial charge in [0.2, 0.25) is 5.88 Å². The molecule has 0 fully saturated rings. The molecule has 2 aromatic rings. The minimum absolute atomic E-state index is 0.130. The van der Waals surface area contributed by atoms with Crippen LogP contribution in [0.3, 0.4) is 0 Å². The maximum absolute atomic E-state index is 12.0. The topological polar surface area (TPSA) is 68.7 Å². The molecule has 0 spiro atoms. The smallest absolute Gasteiger partial charge is 0.477 e. The lowest BCUT2D eigenvalue weighted by Crippen LogP contribution is -2.16. The van der Waals surface area contributed by atoms with E-state index in [9.17, 15) is 18.0 Å². The quantitative estimate of drug-likeness (QED) is 0.936. The van der Waals surface area contributed by atoms with Gasteiger partial charge in [-0.2, -0.15) is 0 Å². The summed E-state index contributed by atoms with van der Waals surface area (Å²) in [7, 11) is 0. The number of pyridine rings is 1. The van der Waals surface area contributed by atoms with Crippen LogP contribution in [0.1, 0.15) is 10.4 Å². The van der Waals surface area contributed by atoms with Crippen LogP contribution in [0, 0.1) is 0 Å². The summed E-state index contributed by atoms with van der Waals surface area (Å²) in [5.41, 5.74) is -0.159. The average Bonchev–Trinajstić information content (AvgIpc) is 2.40. The minimum Gasteiger partial charge on any atom is -0.477 e. The van der Waals surface area contributed by atoms with Crippen molar-refractivity contribution in [2.45, 2.75) is 6.36 Å². The predicted molar refractivity (Wildman–Crippen MR) is 64.4 cm³/mol. The molecule has 1 N–H and O–H groups in total. The largest absolute Gasteiger partial charge is 0.573 e. The van der Waals surface area contributed by atoms with E-state index >= 15 is 0 Å². The van der Waals surface area contributed by atoms with Crippen LogP contribution < -0.4 is 9.47 Å². The molecule has 5 nitrogen and oxygen atoms in total. The normalized spacial score (nSPS) is 11.0. The van der Waals surface area contributed by atoms with Crippen molar-refractivity contribution >= 4 is 5.97 Å². The summed E-state index contributed by atoms with van der Waals surface area (Å²) in [4.78, 5) is 14.7. The molecule has 21 heavy (non-hydrogen) atoms. The van der Waals surface area contributed by atoms with Crippen molar-refractivity contribution in [1.29, 1.82) is 0 Å². The number of carbonyl (C=O) groups is 1. The van der Waals surface area contributed by atoms with Crippen LogP contribution in [0.5, 0.6) is 17.4 Å². The van der Waals surface area contributed by atoms with Crippen molar-refractivity contribution in [3.05, 3.63) is 48.2 Å². The van der Waals surface area contributed by atoms with Crippen LogP contribution in [0.15, 0.2) is 42.6 Å². The number of aromatic carboxylic acids is 1. The zero-order chi connectivity index (χ0) is 15.5. The second kappa shape index (κ2) is 5.70. The highest BCUT2D eigenvalue weighted by molar-refractivity contribution is 5.90. The first-order valence-corrected chi connectivity index (χ1v) is 5.57. The molecule has 0 radical (unpaired) electrons. The first-order chi connectivity index (χ1) is 9.85. The van der Waals surface area contributed by atoms with Crippen molar-refractivity contribution in [2.75, 3.05) is 0 Å². The molecule has 110 valence electrons. The zero-order valence-corrected chi connectivity index (χ0v) is 10.3. The van der Waals surface area contributed by atoms with Crippen LogP contribution in [0.4, 0.5) is 13.2 Å². The Labute approximate surface area is 116 Å². The molecule has 0 amide bonds. The summed E-state index contributed by atoms with van der Waals surface area (Å²) in [6.45, 7) is 0. The average molecular weight is 299 g/mol. The van der Waals surface area contributed by atoms with Crippen molar-refractivity contribution in [3.63, 3.8) is 0 Å². The zero-order valence-electron chi connectivity index (χ0n) is 10.3. The third-order valence-corrected chi connectivity index (χ3v) is 2.27. The van der Waals surface area contributed by atoms with Gasteiger partial charge in [-0.15, -0.1) is 13.2 Å². The molecular weight excluding hydrogens is 291 g/mol. The Morgan fingerprint density at radius 2 is 1.71 bits per heavy atom. The highest BCUT2D eigenvalue weighted by Crippen LogP contribution is 2.27. The molecule has 0 aliphatic rings. The Bertz CT molecular complexity index is 641. The maximum atomic E-state index is 12.0. The third-order valence-electron chi connectivity index (χ3n) is 2.27. The number of halogens is 3. The van der Waals surface area contributed by atoms with E-state index in [4.69, 9.17) is 9.84 Å². The SMILES string of the molecule is O=C(O)c1cccnc1Oc1ccc(OC(F)(F)F)cc1. The monoisotopic (exact) mass is 299 g/mol. The van der Waals surface area contributed by atoms with Gasteiger partial charge in [0.1, 0.15) is 17.1 Å². The van der Waals surface area contributed by atoms with Crippen LogP contribution in [-0.2, 0) is 0 Å². The van der Waals surface area contributed by atoms with Crippen molar-refractivity contribution in [1.82, 2.24) is 4.98 Å². The number of hydrogen-bond acceptors (Lipinski definition) is 4. The molecule has 0 atom stereocenters. The number of nitrogens with zero attached hydrogens (tertiary/aromatic N) is 1. The van der Waals surface area contributed by atoms with Gasteiger partial charge >= 0.3 is 12.3 Å². The Morgan fingerprint density at radius 3 is 2.29 bits per heavy atom. The molecule has 0 saturated carbocycles. The maximum Gasteiger partial charge on any atom is 0.573 e. The van der Waals surface area contributed by atoms with E-state index < -0.39 is 18.1 Å². The first-order valence-electron chi connectivity index (χ1n) is 5.57. The number of carboxylic acids is 1. The van der Waals surface area contributed by atoms with E-state index in [0.717, 1.165) is 12.1 Å². The number of rotatable bonds is 4. The summed E-state index contributed by atoms with van der Waals surface area (Å²) in [5, 5.41) is 8.95. The summed E-state index contributed by atoms with van der Waals surface area (Å²) in [5.74, 6) is -1.66.